The Labute approximate surface area is 91.0 Å². The van der Waals surface area contributed by atoms with Crippen molar-refractivity contribution in [2.24, 2.45) is 11.8 Å². The third-order valence-corrected chi connectivity index (χ3v) is 3.29. The van der Waals surface area contributed by atoms with E-state index in [-0.39, 0.29) is 5.92 Å². The summed E-state index contributed by atoms with van der Waals surface area (Å²) in [5, 5.41) is 3.13. The normalized spacial score (nSPS) is 27.1. The lowest BCUT2D eigenvalue weighted by Gasteiger charge is -2.33. The number of hydrogen-bond acceptors (Lipinski definition) is 3. The third kappa shape index (κ3) is 2.69. The second-order valence-corrected chi connectivity index (χ2v) is 4.66. The molecule has 0 spiro atoms. The van der Waals surface area contributed by atoms with Gasteiger partial charge in [-0.05, 0) is 18.8 Å². The van der Waals surface area contributed by atoms with E-state index in [0.29, 0.717) is 11.8 Å². The highest BCUT2D eigenvalue weighted by molar-refractivity contribution is 5.79. The zero-order valence-corrected chi connectivity index (χ0v) is 9.37. The molecule has 2 fully saturated rings. The summed E-state index contributed by atoms with van der Waals surface area (Å²) in [4.78, 5) is 13.7. The minimum absolute atomic E-state index is 0.222. The molecule has 1 N–H and O–H groups in total. The van der Waals surface area contributed by atoms with E-state index in [0.717, 1.165) is 39.3 Å². The van der Waals surface area contributed by atoms with Gasteiger partial charge in [0.1, 0.15) is 0 Å². The first kappa shape index (κ1) is 10.9. The molecule has 1 atom stereocenters. The first-order chi connectivity index (χ1) is 7.27. The molecule has 0 aromatic heterocycles. The fourth-order valence-electron chi connectivity index (χ4n) is 2.20. The first-order valence-electron chi connectivity index (χ1n) is 5.81. The molecule has 2 heterocycles. The molecule has 0 aromatic carbocycles. The summed E-state index contributed by atoms with van der Waals surface area (Å²) in [6, 6.07) is 0. The summed E-state index contributed by atoms with van der Waals surface area (Å²) < 4.78 is 5.41. The van der Waals surface area contributed by atoms with Crippen molar-refractivity contribution in [3.63, 3.8) is 0 Å². The largest absolute Gasteiger partial charge is 0.381 e. The van der Waals surface area contributed by atoms with Crippen molar-refractivity contribution in [2.75, 3.05) is 39.9 Å². The van der Waals surface area contributed by atoms with Crippen molar-refractivity contribution in [1.29, 1.82) is 0 Å². The number of hydrogen-bond donors (Lipinski definition) is 1. The van der Waals surface area contributed by atoms with E-state index in [1.807, 2.05) is 11.9 Å². The maximum Gasteiger partial charge on any atom is 0.228 e. The lowest BCUT2D eigenvalue weighted by molar-refractivity contribution is -0.136. The van der Waals surface area contributed by atoms with Crippen molar-refractivity contribution >= 4 is 5.91 Å². The van der Waals surface area contributed by atoms with Gasteiger partial charge in [-0.2, -0.15) is 0 Å². The zero-order valence-electron chi connectivity index (χ0n) is 9.37. The molecule has 0 radical (unpaired) electrons. The van der Waals surface area contributed by atoms with Crippen molar-refractivity contribution in [2.45, 2.75) is 12.8 Å². The van der Waals surface area contributed by atoms with Gasteiger partial charge in [0.05, 0.1) is 12.5 Å². The molecule has 0 aliphatic carbocycles. The molecule has 4 nitrogen and oxygen atoms in total. The molecule has 2 aliphatic heterocycles. The van der Waals surface area contributed by atoms with E-state index in [4.69, 9.17) is 4.74 Å². The summed E-state index contributed by atoms with van der Waals surface area (Å²) in [7, 11) is 1.91. The van der Waals surface area contributed by atoms with Gasteiger partial charge in [-0.3, -0.25) is 4.79 Å². The van der Waals surface area contributed by atoms with E-state index in [2.05, 4.69) is 5.32 Å². The van der Waals surface area contributed by atoms with Crippen LogP contribution in [0.15, 0.2) is 0 Å². The Morgan fingerprint density at radius 3 is 2.87 bits per heavy atom. The van der Waals surface area contributed by atoms with Crippen LogP contribution in [0.2, 0.25) is 0 Å². The Balaban J connectivity index is 1.74. The molecule has 0 bridgehead atoms. The van der Waals surface area contributed by atoms with Crippen LogP contribution >= 0.6 is 0 Å². The molecular formula is C11H20N2O2. The molecule has 1 amide bonds. The Morgan fingerprint density at radius 2 is 2.33 bits per heavy atom. The van der Waals surface area contributed by atoms with E-state index >= 15 is 0 Å². The standard InChI is InChI=1S/C11H20N2O2/c1-13(11(14)10-5-12-6-10)7-9-3-2-4-15-8-9/h9-10,12H,2-8H2,1H3. The van der Waals surface area contributed by atoms with Gasteiger partial charge in [-0.1, -0.05) is 0 Å². The fraction of sp³-hybridized carbons (Fsp3) is 0.909. The number of rotatable bonds is 3. The highest BCUT2D eigenvalue weighted by Gasteiger charge is 2.28. The van der Waals surface area contributed by atoms with Crippen molar-refractivity contribution in [3.05, 3.63) is 0 Å². The summed E-state index contributed by atoms with van der Waals surface area (Å²) >= 11 is 0. The van der Waals surface area contributed by atoms with Gasteiger partial charge in [0.2, 0.25) is 5.91 Å². The molecule has 2 rings (SSSR count). The van der Waals surface area contributed by atoms with Crippen LogP contribution in [0.1, 0.15) is 12.8 Å². The predicted octanol–water partition coefficient (Wildman–Crippen LogP) is 0.0908. The van der Waals surface area contributed by atoms with Crippen LogP contribution in [0.4, 0.5) is 0 Å². The molecule has 1 unspecified atom stereocenters. The van der Waals surface area contributed by atoms with Crippen molar-refractivity contribution in [3.8, 4) is 0 Å². The van der Waals surface area contributed by atoms with Crippen LogP contribution in [0.5, 0.6) is 0 Å². The summed E-state index contributed by atoms with van der Waals surface area (Å²) in [6.45, 7) is 4.27. The Bertz CT molecular complexity index is 223. The van der Waals surface area contributed by atoms with Crippen LogP contribution in [-0.4, -0.2) is 50.7 Å². The minimum atomic E-state index is 0.222. The first-order valence-corrected chi connectivity index (χ1v) is 5.81. The van der Waals surface area contributed by atoms with Crippen molar-refractivity contribution in [1.82, 2.24) is 10.2 Å². The quantitative estimate of drug-likeness (QED) is 0.721. The van der Waals surface area contributed by atoms with Gasteiger partial charge >= 0.3 is 0 Å². The van der Waals surface area contributed by atoms with Gasteiger partial charge in [-0.15, -0.1) is 0 Å². The number of nitrogens with zero attached hydrogens (tertiary/aromatic N) is 1. The number of nitrogens with one attached hydrogen (secondary N) is 1. The SMILES string of the molecule is CN(CC1CCCOC1)C(=O)C1CNC1. The zero-order chi connectivity index (χ0) is 10.7. The van der Waals surface area contributed by atoms with Crippen LogP contribution in [0.3, 0.4) is 0 Å². The Morgan fingerprint density at radius 1 is 1.53 bits per heavy atom. The molecule has 0 saturated carbocycles. The second kappa shape index (κ2) is 4.94. The molecule has 0 aromatic rings. The van der Waals surface area contributed by atoms with Crippen LogP contribution in [-0.2, 0) is 9.53 Å². The summed E-state index contributed by atoms with van der Waals surface area (Å²) in [5.41, 5.74) is 0. The summed E-state index contributed by atoms with van der Waals surface area (Å²) in [6.07, 6.45) is 2.33. The molecule has 2 saturated heterocycles. The van der Waals surface area contributed by atoms with Gasteiger partial charge < -0.3 is 15.0 Å². The topological polar surface area (TPSA) is 41.6 Å². The molecule has 2 aliphatic rings. The predicted molar refractivity (Wildman–Crippen MR) is 57.5 cm³/mol. The maximum atomic E-state index is 11.8. The van der Waals surface area contributed by atoms with Crippen LogP contribution in [0, 0.1) is 11.8 Å². The number of ether oxygens (including phenoxy) is 1. The van der Waals surface area contributed by atoms with Gasteiger partial charge in [0.15, 0.2) is 0 Å². The third-order valence-electron chi connectivity index (χ3n) is 3.29. The highest BCUT2D eigenvalue weighted by Crippen LogP contribution is 2.16. The highest BCUT2D eigenvalue weighted by atomic mass is 16.5. The van der Waals surface area contributed by atoms with Gasteiger partial charge in [-0.25, -0.2) is 0 Å². The lowest BCUT2D eigenvalue weighted by Crippen LogP contribution is -2.52. The summed E-state index contributed by atoms with van der Waals surface area (Å²) in [5.74, 6) is 1.06. The molecule has 4 heteroatoms. The monoisotopic (exact) mass is 212 g/mol. The fourth-order valence-corrected chi connectivity index (χ4v) is 2.20. The molecular weight excluding hydrogens is 192 g/mol. The number of carbonyl (C=O) groups excluding carboxylic acids is 1. The van der Waals surface area contributed by atoms with E-state index < -0.39 is 0 Å². The van der Waals surface area contributed by atoms with Gasteiger partial charge in [0, 0.05) is 33.3 Å². The Hall–Kier alpha value is -0.610. The van der Waals surface area contributed by atoms with Crippen molar-refractivity contribution < 1.29 is 9.53 Å². The molecule has 15 heavy (non-hydrogen) atoms. The number of carbonyl (C=O) groups is 1. The van der Waals surface area contributed by atoms with E-state index in [1.54, 1.807) is 0 Å². The second-order valence-electron chi connectivity index (χ2n) is 4.66. The van der Waals surface area contributed by atoms with Crippen LogP contribution in [0.25, 0.3) is 0 Å². The van der Waals surface area contributed by atoms with E-state index in [9.17, 15) is 4.79 Å². The minimum Gasteiger partial charge on any atom is -0.381 e. The lowest BCUT2D eigenvalue weighted by atomic mass is 9.99. The van der Waals surface area contributed by atoms with E-state index in [1.165, 1.54) is 6.42 Å². The smallest absolute Gasteiger partial charge is 0.228 e. The number of amides is 1. The molecule has 86 valence electrons. The van der Waals surface area contributed by atoms with Crippen LogP contribution < -0.4 is 5.32 Å². The van der Waals surface area contributed by atoms with Gasteiger partial charge in [0.25, 0.3) is 0 Å². The average Bonchev–Trinajstić information content (AvgIpc) is 2.16. The average molecular weight is 212 g/mol. The maximum absolute atomic E-state index is 11.8. The Kier molecular flexibility index (Phi) is 3.59.